The third kappa shape index (κ3) is 7.18. The van der Waals surface area contributed by atoms with Gasteiger partial charge in [-0.15, -0.1) is 0 Å². The van der Waals surface area contributed by atoms with Crippen molar-refractivity contribution in [3.8, 4) is 11.5 Å². The fraction of sp³-hybridized carbons (Fsp3) is 0.312. The Labute approximate surface area is 224 Å². The Balaban J connectivity index is 1.26. The van der Waals surface area contributed by atoms with Crippen LogP contribution in [0.2, 0.25) is 5.22 Å². The van der Waals surface area contributed by atoms with Gasteiger partial charge in [-0.25, -0.2) is 0 Å². The highest BCUT2D eigenvalue weighted by Gasteiger charge is 2.10. The van der Waals surface area contributed by atoms with Crippen molar-refractivity contribution in [1.82, 2.24) is 4.90 Å². The summed E-state index contributed by atoms with van der Waals surface area (Å²) in [4.78, 5) is 2.52. The molecule has 0 aliphatic carbocycles. The summed E-state index contributed by atoms with van der Waals surface area (Å²) in [6.45, 7) is 4.12. The van der Waals surface area contributed by atoms with Crippen LogP contribution >= 0.6 is 11.6 Å². The zero-order valence-corrected chi connectivity index (χ0v) is 21.9. The molecular formula is C32H34ClNO3. The fourth-order valence-corrected chi connectivity index (χ4v) is 5.15. The Morgan fingerprint density at radius 3 is 2.38 bits per heavy atom. The molecule has 4 aromatic rings. The molecular weight excluding hydrogens is 482 g/mol. The van der Waals surface area contributed by atoms with E-state index >= 15 is 0 Å². The summed E-state index contributed by atoms with van der Waals surface area (Å²) in [5.41, 5.74) is 5.50. The number of fused-ring (bicyclic) bond motifs is 1. The first kappa shape index (κ1) is 25.4. The van der Waals surface area contributed by atoms with E-state index in [2.05, 4.69) is 47.4 Å². The number of hydrogen-bond donors (Lipinski definition) is 1. The predicted octanol–water partition coefficient (Wildman–Crippen LogP) is 7.92. The van der Waals surface area contributed by atoms with Crippen LogP contribution in [0.15, 0.2) is 83.3 Å². The summed E-state index contributed by atoms with van der Waals surface area (Å²) in [7, 11) is 0. The Hall–Kier alpha value is -3.21. The molecule has 1 saturated heterocycles. The normalized spacial score (nSPS) is 15.1. The third-order valence-corrected chi connectivity index (χ3v) is 7.26. The van der Waals surface area contributed by atoms with Gasteiger partial charge in [0.1, 0.15) is 23.7 Å². The van der Waals surface area contributed by atoms with Crippen molar-refractivity contribution in [2.75, 3.05) is 26.2 Å². The number of ether oxygens (including phenoxy) is 1. The second-order valence-corrected chi connectivity index (χ2v) is 10.2. The molecule has 0 bridgehead atoms. The summed E-state index contributed by atoms with van der Waals surface area (Å²) >= 11 is 6.07. The molecule has 1 aliphatic heterocycles. The summed E-state index contributed by atoms with van der Waals surface area (Å²) in [6.07, 6.45) is 9.18. The van der Waals surface area contributed by atoms with Crippen LogP contribution in [0.1, 0.15) is 42.4 Å². The molecule has 5 rings (SSSR count). The molecule has 1 N–H and O–H groups in total. The zero-order chi connectivity index (χ0) is 25.5. The van der Waals surface area contributed by atoms with Gasteiger partial charge >= 0.3 is 0 Å². The lowest BCUT2D eigenvalue weighted by molar-refractivity contribution is 0.214. The van der Waals surface area contributed by atoms with Gasteiger partial charge in [-0.05, 0) is 109 Å². The van der Waals surface area contributed by atoms with Crippen LogP contribution < -0.4 is 4.74 Å². The van der Waals surface area contributed by atoms with Crippen LogP contribution in [-0.2, 0) is 12.8 Å². The minimum Gasteiger partial charge on any atom is -0.508 e. The highest BCUT2D eigenvalue weighted by molar-refractivity contribution is 6.29. The maximum Gasteiger partial charge on any atom is 0.194 e. The number of furan rings is 1. The van der Waals surface area contributed by atoms with Crippen molar-refractivity contribution in [2.24, 2.45) is 0 Å². The molecule has 5 heteroatoms. The monoisotopic (exact) mass is 515 g/mol. The van der Waals surface area contributed by atoms with Gasteiger partial charge in [0.25, 0.3) is 0 Å². The number of halogens is 1. The first-order chi connectivity index (χ1) is 18.1. The van der Waals surface area contributed by atoms with Gasteiger partial charge < -0.3 is 14.3 Å². The zero-order valence-electron chi connectivity index (χ0n) is 21.2. The van der Waals surface area contributed by atoms with Crippen molar-refractivity contribution in [3.05, 3.63) is 101 Å². The lowest BCUT2D eigenvalue weighted by Crippen LogP contribution is -2.29. The van der Waals surface area contributed by atoms with Crippen molar-refractivity contribution < 1.29 is 14.3 Å². The van der Waals surface area contributed by atoms with Gasteiger partial charge in [0, 0.05) is 18.0 Å². The molecule has 1 fully saturated rings. The minimum absolute atomic E-state index is 0.275. The topological polar surface area (TPSA) is 45.8 Å². The van der Waals surface area contributed by atoms with E-state index in [9.17, 15) is 5.11 Å². The molecule has 0 amide bonds. The maximum absolute atomic E-state index is 9.68. The van der Waals surface area contributed by atoms with E-state index < -0.39 is 0 Å². The van der Waals surface area contributed by atoms with E-state index in [1.54, 1.807) is 12.1 Å². The molecule has 0 saturated carbocycles. The lowest BCUT2D eigenvalue weighted by Gasteiger charge is -2.19. The predicted molar refractivity (Wildman–Crippen MR) is 152 cm³/mol. The number of nitrogens with zero attached hydrogens (tertiary/aromatic N) is 1. The number of phenols is 1. The number of aromatic hydroxyl groups is 1. The number of rotatable bonds is 9. The molecule has 1 aliphatic rings. The minimum atomic E-state index is 0.275. The maximum atomic E-state index is 9.68. The molecule has 2 heterocycles. The van der Waals surface area contributed by atoms with E-state index in [0.717, 1.165) is 53.8 Å². The molecule has 0 spiro atoms. The van der Waals surface area contributed by atoms with Crippen molar-refractivity contribution in [2.45, 2.75) is 38.5 Å². The van der Waals surface area contributed by atoms with Gasteiger partial charge in [0.2, 0.25) is 0 Å². The van der Waals surface area contributed by atoms with Crippen molar-refractivity contribution in [1.29, 1.82) is 0 Å². The second kappa shape index (κ2) is 12.4. The average molecular weight is 516 g/mol. The molecule has 0 radical (unpaired) electrons. The van der Waals surface area contributed by atoms with E-state index in [-0.39, 0.29) is 5.75 Å². The van der Waals surface area contributed by atoms with E-state index in [1.165, 1.54) is 49.9 Å². The first-order valence-electron chi connectivity index (χ1n) is 13.2. The van der Waals surface area contributed by atoms with Crippen molar-refractivity contribution in [3.63, 3.8) is 0 Å². The summed E-state index contributed by atoms with van der Waals surface area (Å²) in [5, 5.41) is 11.1. The molecule has 192 valence electrons. The van der Waals surface area contributed by atoms with E-state index in [0.29, 0.717) is 5.22 Å². The molecule has 37 heavy (non-hydrogen) atoms. The van der Waals surface area contributed by atoms with Gasteiger partial charge in [-0.2, -0.15) is 0 Å². The highest BCUT2D eigenvalue weighted by Crippen LogP contribution is 2.29. The van der Waals surface area contributed by atoms with Crippen LogP contribution in [0.25, 0.3) is 16.5 Å². The first-order valence-corrected chi connectivity index (χ1v) is 13.6. The Morgan fingerprint density at radius 1 is 0.892 bits per heavy atom. The molecule has 4 nitrogen and oxygen atoms in total. The third-order valence-electron chi connectivity index (χ3n) is 7.07. The Kier molecular flexibility index (Phi) is 8.49. The molecule has 0 atom stereocenters. The van der Waals surface area contributed by atoms with Crippen LogP contribution in [0.5, 0.6) is 11.5 Å². The van der Waals surface area contributed by atoms with Crippen LogP contribution in [0.3, 0.4) is 0 Å². The van der Waals surface area contributed by atoms with Gasteiger partial charge in [0.05, 0.1) is 0 Å². The lowest BCUT2D eigenvalue weighted by atomic mass is 9.95. The fourth-order valence-electron chi connectivity index (χ4n) is 4.95. The number of likely N-dealkylation sites (tertiary alicyclic amines) is 1. The summed E-state index contributed by atoms with van der Waals surface area (Å²) in [5.74, 6) is 1.20. The van der Waals surface area contributed by atoms with Gasteiger partial charge in [0.15, 0.2) is 5.22 Å². The number of hydrogen-bond acceptors (Lipinski definition) is 4. The van der Waals surface area contributed by atoms with Crippen molar-refractivity contribution >= 4 is 28.1 Å². The van der Waals surface area contributed by atoms with Gasteiger partial charge in [-0.1, -0.05) is 49.2 Å². The smallest absolute Gasteiger partial charge is 0.194 e. The largest absolute Gasteiger partial charge is 0.508 e. The van der Waals surface area contributed by atoms with Gasteiger partial charge in [-0.3, -0.25) is 4.90 Å². The molecule has 3 aromatic carbocycles. The summed E-state index contributed by atoms with van der Waals surface area (Å²) in [6, 6.07) is 23.9. The standard InChI is InChI=1S/C32H34ClNO3/c33-32-23-28-22-27(11-16-31(28)37-32)26(21-25-6-12-29(35)13-7-25)10-5-24-8-14-30(15-9-24)36-20-19-34-17-3-1-2-4-18-34/h6-16,22-23,35H,1-5,17-21H2. The number of allylic oxidation sites excluding steroid dienone is 2. The molecule has 1 aromatic heterocycles. The Morgan fingerprint density at radius 2 is 1.62 bits per heavy atom. The second-order valence-electron chi connectivity index (χ2n) is 9.83. The number of phenolic OH excluding ortho intramolecular Hbond substituents is 1. The highest BCUT2D eigenvalue weighted by atomic mass is 35.5. The van der Waals surface area contributed by atoms with E-state index in [4.69, 9.17) is 20.8 Å². The van der Waals surface area contributed by atoms with Crippen LogP contribution in [-0.4, -0.2) is 36.2 Å². The summed E-state index contributed by atoms with van der Waals surface area (Å²) < 4.78 is 11.6. The van der Waals surface area contributed by atoms with E-state index in [1.807, 2.05) is 24.3 Å². The average Bonchev–Trinajstić information content (AvgIpc) is 3.09. The molecule has 0 unspecified atom stereocenters. The SMILES string of the molecule is Oc1ccc(CC(=CCc2ccc(OCCN3CCCCCC3)cc2)c2ccc3oc(Cl)cc3c2)cc1. The Bertz CT molecular complexity index is 1320. The quantitative estimate of drug-likeness (QED) is 0.246. The van der Waals surface area contributed by atoms with Crippen LogP contribution in [0, 0.1) is 0 Å². The number of benzene rings is 3. The van der Waals surface area contributed by atoms with Crippen LogP contribution in [0.4, 0.5) is 0 Å².